The number of hydrogen-bond donors (Lipinski definition) is 6. The van der Waals surface area contributed by atoms with Crippen molar-refractivity contribution < 1.29 is 29.9 Å². The largest absolute Gasteiger partial charge is 0.462 e. The summed E-state index contributed by atoms with van der Waals surface area (Å²) in [5.74, 6) is 0.511. The first-order valence-corrected chi connectivity index (χ1v) is 11.0. The number of aliphatic hydroxyl groups excluding tert-OH is 4. The molecule has 1 saturated heterocycles. The van der Waals surface area contributed by atoms with Gasteiger partial charge in [0.05, 0.1) is 24.1 Å². The number of aliphatic hydroxyl groups is 4. The van der Waals surface area contributed by atoms with E-state index in [0.29, 0.717) is 28.1 Å². The summed E-state index contributed by atoms with van der Waals surface area (Å²) in [6, 6.07) is 15.8. The fourth-order valence-corrected chi connectivity index (χ4v) is 3.48. The Hall–Kier alpha value is -3.94. The van der Waals surface area contributed by atoms with Crippen LogP contribution in [-0.4, -0.2) is 79.8 Å². The lowest BCUT2D eigenvalue weighted by atomic mass is 9.99. The molecule has 1 fully saturated rings. The number of nitrogen functional groups attached to an aromatic ring is 1. The van der Waals surface area contributed by atoms with Crippen LogP contribution in [-0.2, 0) is 4.74 Å². The Kier molecular flexibility index (Phi) is 7.83. The predicted molar refractivity (Wildman–Crippen MR) is 130 cm³/mol. The maximum atomic E-state index is 10.1. The molecule has 5 unspecified atom stereocenters. The average Bonchev–Trinajstić information content (AvgIpc) is 2.90. The highest BCUT2D eigenvalue weighted by Gasteiger charge is 2.44. The third-order valence-electron chi connectivity index (χ3n) is 5.50. The van der Waals surface area contributed by atoms with Gasteiger partial charge in [0.25, 0.3) is 0 Å². The number of anilines is 1. The summed E-state index contributed by atoms with van der Waals surface area (Å²) in [5.41, 5.74) is 8.16. The van der Waals surface area contributed by atoms with Gasteiger partial charge in [-0.05, 0) is 42.0 Å². The molecule has 0 aliphatic carbocycles. The van der Waals surface area contributed by atoms with Gasteiger partial charge in [0, 0.05) is 6.21 Å². The molecule has 7 N–H and O–H groups in total. The molecule has 1 aliphatic heterocycles. The van der Waals surface area contributed by atoms with Crippen LogP contribution in [0.2, 0.25) is 0 Å². The van der Waals surface area contributed by atoms with Gasteiger partial charge in [-0.25, -0.2) is 14.7 Å². The van der Waals surface area contributed by atoms with E-state index < -0.39 is 37.3 Å². The van der Waals surface area contributed by atoms with Crippen molar-refractivity contribution in [2.45, 2.75) is 30.7 Å². The SMILES string of the molecule is N=Cc1c(N)n(/N=C\c2ccc(OC3OC(CO)C(O)C(O)C3O)cc2)cnc1=Nc1ccccc1. The van der Waals surface area contributed by atoms with Crippen molar-refractivity contribution in [3.63, 3.8) is 0 Å². The molecule has 0 amide bonds. The minimum atomic E-state index is -1.53. The zero-order valence-electron chi connectivity index (χ0n) is 19.0. The number of benzene rings is 2. The molecule has 0 saturated carbocycles. The summed E-state index contributed by atoms with van der Waals surface area (Å²) >= 11 is 0. The number of nitrogens with two attached hydrogens (primary N) is 1. The van der Waals surface area contributed by atoms with Crippen LogP contribution in [0, 0.1) is 5.41 Å². The predicted octanol–water partition coefficient (Wildman–Crippen LogP) is -0.244. The minimum Gasteiger partial charge on any atom is -0.462 e. The molecular formula is C24H26N6O6. The molecule has 188 valence electrons. The lowest BCUT2D eigenvalue weighted by molar-refractivity contribution is -0.277. The summed E-state index contributed by atoms with van der Waals surface area (Å²) in [6.07, 6.45) is -2.83. The second-order valence-electron chi connectivity index (χ2n) is 7.93. The van der Waals surface area contributed by atoms with Crippen LogP contribution in [0.5, 0.6) is 5.75 Å². The van der Waals surface area contributed by atoms with Gasteiger partial charge in [-0.15, -0.1) is 0 Å². The van der Waals surface area contributed by atoms with Gasteiger partial charge in [0.2, 0.25) is 6.29 Å². The zero-order valence-corrected chi connectivity index (χ0v) is 19.0. The van der Waals surface area contributed by atoms with Gasteiger partial charge in [-0.3, -0.25) is 0 Å². The summed E-state index contributed by atoms with van der Waals surface area (Å²) < 4.78 is 12.2. The van der Waals surface area contributed by atoms with E-state index in [1.54, 1.807) is 24.3 Å². The fraction of sp³-hybridized carbons (Fsp3) is 0.250. The van der Waals surface area contributed by atoms with Crippen molar-refractivity contribution in [1.82, 2.24) is 9.66 Å². The third-order valence-corrected chi connectivity index (χ3v) is 5.50. The lowest BCUT2D eigenvalue weighted by Crippen LogP contribution is -2.60. The first-order valence-electron chi connectivity index (χ1n) is 11.0. The van der Waals surface area contributed by atoms with Crippen LogP contribution in [0.1, 0.15) is 11.1 Å². The average molecular weight is 495 g/mol. The number of ether oxygens (including phenoxy) is 2. The molecule has 2 heterocycles. The first-order chi connectivity index (χ1) is 17.4. The number of hydrogen-bond acceptors (Lipinski definition) is 11. The van der Waals surface area contributed by atoms with Crippen molar-refractivity contribution >= 4 is 23.9 Å². The van der Waals surface area contributed by atoms with Crippen molar-refractivity contribution in [1.29, 1.82) is 5.41 Å². The molecule has 2 aromatic carbocycles. The van der Waals surface area contributed by atoms with Crippen molar-refractivity contribution in [2.75, 3.05) is 12.3 Å². The van der Waals surface area contributed by atoms with Gasteiger partial charge in [-0.1, -0.05) is 18.2 Å². The molecule has 0 bridgehead atoms. The Balaban J connectivity index is 1.48. The normalized spacial score (nSPS) is 24.7. The van der Waals surface area contributed by atoms with E-state index in [1.807, 2.05) is 30.3 Å². The van der Waals surface area contributed by atoms with Gasteiger partial charge in [-0.2, -0.15) is 5.10 Å². The molecule has 12 heteroatoms. The maximum Gasteiger partial charge on any atom is 0.229 e. The molecular weight excluding hydrogens is 468 g/mol. The molecule has 5 atom stereocenters. The van der Waals surface area contributed by atoms with Crippen molar-refractivity contribution in [3.8, 4) is 5.75 Å². The Bertz CT molecular complexity index is 1280. The number of para-hydroxylation sites is 1. The monoisotopic (exact) mass is 494 g/mol. The summed E-state index contributed by atoms with van der Waals surface area (Å²) in [6.45, 7) is -0.545. The summed E-state index contributed by atoms with van der Waals surface area (Å²) in [4.78, 5) is 8.69. The van der Waals surface area contributed by atoms with E-state index in [-0.39, 0.29) is 5.82 Å². The third kappa shape index (κ3) is 5.48. The minimum absolute atomic E-state index is 0.188. The van der Waals surface area contributed by atoms with Crippen LogP contribution in [0.25, 0.3) is 0 Å². The number of rotatable bonds is 7. The van der Waals surface area contributed by atoms with E-state index in [2.05, 4.69) is 15.1 Å². The van der Waals surface area contributed by atoms with Crippen LogP contribution in [0.3, 0.4) is 0 Å². The van der Waals surface area contributed by atoms with Crippen LogP contribution in [0.4, 0.5) is 11.5 Å². The number of nitrogens with one attached hydrogen (secondary N) is 1. The van der Waals surface area contributed by atoms with E-state index in [4.69, 9.17) is 20.6 Å². The fourth-order valence-electron chi connectivity index (χ4n) is 3.48. The zero-order chi connectivity index (χ0) is 25.7. The molecule has 1 aromatic heterocycles. The maximum absolute atomic E-state index is 10.1. The summed E-state index contributed by atoms with van der Waals surface area (Å²) in [7, 11) is 0. The highest BCUT2D eigenvalue weighted by Crippen LogP contribution is 2.24. The van der Waals surface area contributed by atoms with Gasteiger partial charge >= 0.3 is 0 Å². The summed E-state index contributed by atoms with van der Waals surface area (Å²) in [5, 5.41) is 51.2. The number of nitrogens with zero attached hydrogens (tertiary/aromatic N) is 4. The molecule has 3 aromatic rings. The molecule has 1 aliphatic rings. The van der Waals surface area contributed by atoms with E-state index in [1.165, 1.54) is 17.2 Å². The Morgan fingerprint density at radius 2 is 1.78 bits per heavy atom. The van der Waals surface area contributed by atoms with E-state index >= 15 is 0 Å². The van der Waals surface area contributed by atoms with Gasteiger partial charge in [0.1, 0.15) is 42.3 Å². The molecule has 12 nitrogen and oxygen atoms in total. The van der Waals surface area contributed by atoms with Crippen molar-refractivity contribution in [2.24, 2.45) is 10.1 Å². The Morgan fingerprint density at radius 3 is 2.44 bits per heavy atom. The van der Waals surface area contributed by atoms with E-state index in [0.717, 1.165) is 6.21 Å². The quantitative estimate of drug-likeness (QED) is 0.242. The first kappa shape index (κ1) is 25.2. The highest BCUT2D eigenvalue weighted by atomic mass is 16.7. The smallest absolute Gasteiger partial charge is 0.229 e. The van der Waals surface area contributed by atoms with Crippen LogP contribution in [0.15, 0.2) is 71.0 Å². The molecule has 4 rings (SSSR count). The lowest BCUT2D eigenvalue weighted by Gasteiger charge is -2.39. The van der Waals surface area contributed by atoms with Crippen LogP contribution < -0.4 is 16.0 Å². The second-order valence-corrected chi connectivity index (χ2v) is 7.93. The van der Waals surface area contributed by atoms with Gasteiger partial charge < -0.3 is 41.0 Å². The van der Waals surface area contributed by atoms with Crippen LogP contribution >= 0.6 is 0 Å². The Labute approximate surface area is 205 Å². The van der Waals surface area contributed by atoms with Crippen molar-refractivity contribution in [3.05, 3.63) is 77.5 Å². The topological polar surface area (TPSA) is 192 Å². The number of aromatic nitrogens is 2. The molecule has 0 radical (unpaired) electrons. The second kappa shape index (κ2) is 11.2. The van der Waals surface area contributed by atoms with E-state index in [9.17, 15) is 20.4 Å². The van der Waals surface area contributed by atoms with Gasteiger partial charge in [0.15, 0.2) is 5.49 Å². The molecule has 36 heavy (non-hydrogen) atoms. The highest BCUT2D eigenvalue weighted by molar-refractivity contribution is 5.83. The molecule has 0 spiro atoms. The Morgan fingerprint density at radius 1 is 1.06 bits per heavy atom. The standard InChI is InChI=1S/C24H26N6O6/c25-10-17-22(26)30(13-27-23(17)29-15-4-2-1-3-5-15)28-11-14-6-8-16(9-7-14)35-24-21(34)20(33)19(32)18(12-31)36-24/h1-11,13,18-21,24-25,31-34H,12,26H2/b25-10?,28-11-,29-23?.